The van der Waals surface area contributed by atoms with Crippen LogP contribution in [0.5, 0.6) is 0 Å². The minimum absolute atomic E-state index is 0.0683. The minimum atomic E-state index is -0.692. The first kappa shape index (κ1) is 22.8. The van der Waals surface area contributed by atoms with Gasteiger partial charge in [-0.25, -0.2) is 9.78 Å². The topological polar surface area (TPSA) is 97.4 Å². The van der Waals surface area contributed by atoms with Crippen LogP contribution >= 0.6 is 0 Å². The zero-order valence-electron chi connectivity index (χ0n) is 18.0. The van der Waals surface area contributed by atoms with E-state index in [1.807, 2.05) is 18.2 Å². The van der Waals surface area contributed by atoms with Gasteiger partial charge in [-0.3, -0.25) is 4.79 Å². The number of aromatic nitrogens is 1. The number of pyridine rings is 1. The number of nitrogens with one attached hydrogen (secondary N) is 2. The van der Waals surface area contributed by atoms with E-state index in [0.717, 1.165) is 17.5 Å². The van der Waals surface area contributed by atoms with Gasteiger partial charge in [0.2, 0.25) is 0 Å². The first-order valence-corrected chi connectivity index (χ1v) is 9.51. The largest absolute Gasteiger partial charge is 0.456 e. The monoisotopic (exact) mass is 409 g/mol. The molecule has 7 heteroatoms. The van der Waals surface area contributed by atoms with E-state index in [9.17, 15) is 14.4 Å². The first-order chi connectivity index (χ1) is 14.1. The summed E-state index contributed by atoms with van der Waals surface area (Å²) in [6, 6.07) is 8.44. The van der Waals surface area contributed by atoms with E-state index in [-0.39, 0.29) is 17.7 Å². The van der Waals surface area contributed by atoms with Crippen LogP contribution in [0.15, 0.2) is 36.9 Å². The van der Waals surface area contributed by atoms with Gasteiger partial charge in [-0.2, -0.15) is 0 Å². The molecule has 2 N–H and O–H groups in total. The summed E-state index contributed by atoms with van der Waals surface area (Å²) in [6.45, 7) is 9.42. The molecule has 0 bridgehead atoms. The van der Waals surface area contributed by atoms with E-state index < -0.39 is 17.5 Å². The highest BCUT2D eigenvalue weighted by Gasteiger charge is 2.22. The molecular weight excluding hydrogens is 382 g/mol. The van der Waals surface area contributed by atoms with Crippen LogP contribution < -0.4 is 10.6 Å². The number of carbonyl (C=O) groups excluding carboxylic acids is 3. The van der Waals surface area contributed by atoms with E-state index in [4.69, 9.17) is 4.74 Å². The molecule has 1 aromatic carbocycles. The van der Waals surface area contributed by atoms with Gasteiger partial charge in [0, 0.05) is 31.8 Å². The summed E-state index contributed by atoms with van der Waals surface area (Å²) < 4.78 is 5.45. The predicted octanol–water partition coefficient (Wildman–Crippen LogP) is 3.24. The van der Waals surface area contributed by atoms with Crippen molar-refractivity contribution >= 4 is 29.4 Å². The number of nitrogens with zero attached hydrogens (tertiary/aromatic N) is 1. The summed E-state index contributed by atoms with van der Waals surface area (Å²) in [5.74, 6) is -1.01. The Labute approximate surface area is 176 Å². The number of aldehydes is 1. The van der Waals surface area contributed by atoms with Gasteiger partial charge in [-0.05, 0) is 50.1 Å². The predicted molar refractivity (Wildman–Crippen MR) is 117 cm³/mol. The van der Waals surface area contributed by atoms with Crippen LogP contribution in [0.4, 0.5) is 5.69 Å². The zero-order valence-corrected chi connectivity index (χ0v) is 18.0. The maximum Gasteiger partial charge on any atom is 0.338 e. The van der Waals surface area contributed by atoms with Crippen LogP contribution in [0.25, 0.3) is 5.57 Å². The smallest absolute Gasteiger partial charge is 0.338 e. The van der Waals surface area contributed by atoms with E-state index in [2.05, 4.69) is 22.2 Å². The van der Waals surface area contributed by atoms with Crippen molar-refractivity contribution in [2.24, 2.45) is 0 Å². The maximum absolute atomic E-state index is 12.6. The van der Waals surface area contributed by atoms with Crippen LogP contribution in [0.3, 0.4) is 0 Å². The highest BCUT2D eigenvalue weighted by Crippen LogP contribution is 2.29. The van der Waals surface area contributed by atoms with Gasteiger partial charge in [0.1, 0.15) is 17.6 Å². The third-order valence-corrected chi connectivity index (χ3v) is 4.29. The van der Waals surface area contributed by atoms with E-state index in [1.165, 1.54) is 13.1 Å². The lowest BCUT2D eigenvalue weighted by Crippen LogP contribution is -2.25. The number of rotatable bonds is 7. The van der Waals surface area contributed by atoms with Gasteiger partial charge in [0.25, 0.3) is 5.91 Å². The second kappa shape index (κ2) is 9.35. The van der Waals surface area contributed by atoms with Crippen LogP contribution in [0, 0.1) is 0 Å². The average molecular weight is 409 g/mol. The van der Waals surface area contributed by atoms with Gasteiger partial charge >= 0.3 is 5.97 Å². The first-order valence-electron chi connectivity index (χ1n) is 9.51. The molecule has 0 spiro atoms. The summed E-state index contributed by atoms with van der Waals surface area (Å²) in [6.07, 6.45) is 0.993. The Balaban J connectivity index is 2.62. The summed E-state index contributed by atoms with van der Waals surface area (Å²) in [5, 5.41) is 5.57. The highest BCUT2D eigenvalue weighted by atomic mass is 16.6. The van der Waals surface area contributed by atoms with Gasteiger partial charge in [0.15, 0.2) is 0 Å². The standard InChI is InChI=1S/C23H27N3O4/c1-14(16-8-7-9-18(24-5)17(16)10-11-27)19-12-15(22(29)30-23(2,3)4)13-20(26-19)21(28)25-6/h7-9,11-13,24H,1,10H2,2-6H3,(H,25,28). The van der Waals surface area contributed by atoms with Crippen LogP contribution in [-0.4, -0.2) is 42.8 Å². The van der Waals surface area contributed by atoms with Crippen molar-refractivity contribution in [1.29, 1.82) is 0 Å². The number of anilines is 1. The van der Waals surface area contributed by atoms with Crippen LogP contribution in [0.2, 0.25) is 0 Å². The van der Waals surface area contributed by atoms with Crippen molar-refractivity contribution in [3.05, 3.63) is 65.0 Å². The molecule has 158 valence electrons. The van der Waals surface area contributed by atoms with Crippen LogP contribution in [0.1, 0.15) is 58.4 Å². The number of esters is 1. The maximum atomic E-state index is 12.6. The second-order valence-electron chi connectivity index (χ2n) is 7.64. The van der Waals surface area contributed by atoms with Crippen molar-refractivity contribution < 1.29 is 19.1 Å². The molecule has 0 atom stereocenters. The SMILES string of the molecule is C=C(c1cc(C(=O)OC(C)(C)C)cc(C(=O)NC)n1)c1cccc(NC)c1CC=O. The molecule has 0 unspecified atom stereocenters. The third-order valence-electron chi connectivity index (χ3n) is 4.29. The van der Waals surface area contributed by atoms with Crippen LogP contribution in [-0.2, 0) is 16.0 Å². The quantitative estimate of drug-likeness (QED) is 0.538. The Morgan fingerprint density at radius 3 is 2.40 bits per heavy atom. The molecule has 1 heterocycles. The van der Waals surface area contributed by atoms with E-state index in [0.29, 0.717) is 16.8 Å². The fraction of sp³-hybridized carbons (Fsp3) is 0.304. The number of hydrogen-bond donors (Lipinski definition) is 2. The number of carbonyl (C=O) groups is 3. The number of amides is 1. The fourth-order valence-corrected chi connectivity index (χ4v) is 2.93. The van der Waals surface area contributed by atoms with Gasteiger partial charge < -0.3 is 20.2 Å². The van der Waals surface area contributed by atoms with Gasteiger partial charge in [-0.1, -0.05) is 18.7 Å². The van der Waals surface area contributed by atoms with Crippen molar-refractivity contribution in [3.63, 3.8) is 0 Å². The minimum Gasteiger partial charge on any atom is -0.456 e. The number of benzene rings is 1. The fourth-order valence-electron chi connectivity index (χ4n) is 2.93. The van der Waals surface area contributed by atoms with Crippen molar-refractivity contribution in [2.45, 2.75) is 32.8 Å². The molecule has 0 aliphatic rings. The molecule has 0 aliphatic heterocycles. The lowest BCUT2D eigenvalue weighted by Gasteiger charge is -2.20. The van der Waals surface area contributed by atoms with E-state index >= 15 is 0 Å². The van der Waals surface area contributed by atoms with Crippen molar-refractivity contribution in [2.75, 3.05) is 19.4 Å². The zero-order chi connectivity index (χ0) is 22.5. The summed E-state index contributed by atoms with van der Waals surface area (Å²) in [5.41, 5.74) is 2.64. The second-order valence-corrected chi connectivity index (χ2v) is 7.64. The molecule has 0 saturated heterocycles. The molecule has 1 aromatic heterocycles. The molecule has 30 heavy (non-hydrogen) atoms. The lowest BCUT2D eigenvalue weighted by atomic mass is 9.94. The van der Waals surface area contributed by atoms with Gasteiger partial charge in [0.05, 0.1) is 11.3 Å². The normalized spacial score (nSPS) is 10.8. The molecular formula is C23H27N3O4. The Morgan fingerprint density at radius 2 is 1.83 bits per heavy atom. The molecule has 0 aliphatic carbocycles. The molecule has 2 rings (SSSR count). The molecule has 0 saturated carbocycles. The lowest BCUT2D eigenvalue weighted by molar-refractivity contribution is -0.107. The summed E-state index contributed by atoms with van der Waals surface area (Å²) in [4.78, 5) is 40.5. The Morgan fingerprint density at radius 1 is 1.17 bits per heavy atom. The highest BCUT2D eigenvalue weighted by molar-refractivity contribution is 5.98. The Hall–Kier alpha value is -3.48. The Bertz CT molecular complexity index is 990. The molecule has 0 fully saturated rings. The number of ether oxygens (including phenoxy) is 1. The molecule has 1 amide bonds. The summed E-state index contributed by atoms with van der Waals surface area (Å²) in [7, 11) is 3.25. The van der Waals surface area contributed by atoms with Gasteiger partial charge in [-0.15, -0.1) is 0 Å². The van der Waals surface area contributed by atoms with Crippen molar-refractivity contribution in [1.82, 2.24) is 10.3 Å². The Kier molecular flexibility index (Phi) is 7.10. The summed E-state index contributed by atoms with van der Waals surface area (Å²) >= 11 is 0. The third kappa shape index (κ3) is 5.31. The number of hydrogen-bond acceptors (Lipinski definition) is 6. The average Bonchev–Trinajstić information content (AvgIpc) is 2.71. The molecule has 0 radical (unpaired) electrons. The molecule has 7 nitrogen and oxygen atoms in total. The molecule has 2 aromatic rings. The van der Waals surface area contributed by atoms with Crippen molar-refractivity contribution in [3.8, 4) is 0 Å². The van der Waals surface area contributed by atoms with E-state index in [1.54, 1.807) is 33.9 Å².